The number of ether oxygens (including phenoxy) is 1. The summed E-state index contributed by atoms with van der Waals surface area (Å²) in [5.74, 6) is -0.0728. The number of hydrogen-bond acceptors (Lipinski definition) is 3. The van der Waals surface area contributed by atoms with Crippen LogP contribution in [0.2, 0.25) is 0 Å². The van der Waals surface area contributed by atoms with E-state index in [1.54, 1.807) is 0 Å². The fraction of sp³-hybridized carbons (Fsp3) is 0.882. The van der Waals surface area contributed by atoms with E-state index in [1.165, 1.54) is 0 Å². The van der Waals surface area contributed by atoms with Gasteiger partial charge in [-0.15, -0.1) is 0 Å². The van der Waals surface area contributed by atoms with Gasteiger partial charge in [-0.05, 0) is 33.6 Å². The smallest absolute Gasteiger partial charge is 0.307 e. The molecule has 0 aromatic rings. The first kappa shape index (κ1) is 19.9. The molecule has 0 bridgehead atoms. The van der Waals surface area contributed by atoms with E-state index < -0.39 is 0 Å². The van der Waals surface area contributed by atoms with Crippen molar-refractivity contribution in [3.63, 3.8) is 0 Å². The second-order valence-corrected chi connectivity index (χ2v) is 6.50. The zero-order valence-electron chi connectivity index (χ0n) is 14.5. The monoisotopic (exact) mass is 299 g/mol. The molecule has 0 heterocycles. The third-order valence-electron chi connectivity index (χ3n) is 3.41. The van der Waals surface area contributed by atoms with Gasteiger partial charge in [0, 0.05) is 18.5 Å². The Balaban J connectivity index is 4.31. The van der Waals surface area contributed by atoms with Crippen LogP contribution in [0, 0.1) is 0 Å². The first-order valence-electron chi connectivity index (χ1n) is 8.29. The molecule has 21 heavy (non-hydrogen) atoms. The molecule has 0 aliphatic carbocycles. The van der Waals surface area contributed by atoms with Crippen LogP contribution in [0.5, 0.6) is 0 Å². The number of carbonyl (C=O) groups excluding carboxylic acids is 2. The van der Waals surface area contributed by atoms with Crippen molar-refractivity contribution < 1.29 is 14.3 Å². The second-order valence-electron chi connectivity index (χ2n) is 6.50. The fourth-order valence-electron chi connectivity index (χ4n) is 2.10. The van der Waals surface area contributed by atoms with Crippen LogP contribution in [0.3, 0.4) is 0 Å². The Morgan fingerprint density at radius 1 is 0.952 bits per heavy atom. The first-order valence-corrected chi connectivity index (χ1v) is 8.29. The van der Waals surface area contributed by atoms with E-state index in [1.807, 2.05) is 25.7 Å². The molecule has 0 spiro atoms. The minimum atomic E-state index is -0.257. The van der Waals surface area contributed by atoms with E-state index in [2.05, 4.69) is 13.8 Å². The van der Waals surface area contributed by atoms with Gasteiger partial charge in [-0.25, -0.2) is 0 Å². The number of hydrogen-bond donors (Lipinski definition) is 0. The Labute approximate surface area is 130 Å². The maximum atomic E-state index is 12.3. The summed E-state index contributed by atoms with van der Waals surface area (Å²) in [6, 6.07) is 0. The summed E-state index contributed by atoms with van der Waals surface area (Å²) in [7, 11) is 0. The minimum absolute atomic E-state index is 0.136. The number of unbranched alkanes of at least 4 members (excludes halogenated alkanes) is 3. The second kappa shape index (κ2) is 10.6. The van der Waals surface area contributed by atoms with Crippen molar-refractivity contribution in [3.8, 4) is 0 Å². The average Bonchev–Trinajstić information content (AvgIpc) is 2.38. The summed E-state index contributed by atoms with van der Waals surface area (Å²) in [4.78, 5) is 25.8. The van der Waals surface area contributed by atoms with E-state index >= 15 is 0 Å². The number of nitrogens with zero attached hydrogens (tertiary/aromatic N) is 1. The largest absolute Gasteiger partial charge is 0.466 e. The molecule has 0 atom stereocenters. The van der Waals surface area contributed by atoms with Gasteiger partial charge in [0.2, 0.25) is 5.91 Å². The van der Waals surface area contributed by atoms with Gasteiger partial charge < -0.3 is 9.64 Å². The lowest BCUT2D eigenvalue weighted by molar-refractivity contribution is -0.145. The molecule has 0 N–H and O–H groups in total. The predicted molar refractivity (Wildman–Crippen MR) is 86.1 cm³/mol. The molecule has 0 unspecified atom stereocenters. The van der Waals surface area contributed by atoms with Gasteiger partial charge in [-0.3, -0.25) is 9.59 Å². The molecule has 0 fully saturated rings. The molecular weight excluding hydrogens is 266 g/mol. The number of carbonyl (C=O) groups is 2. The molecular formula is C17H33NO3. The third kappa shape index (κ3) is 9.48. The molecule has 1 amide bonds. The number of esters is 1. The minimum Gasteiger partial charge on any atom is -0.466 e. The first-order chi connectivity index (χ1) is 9.82. The van der Waals surface area contributed by atoms with Gasteiger partial charge in [-0.2, -0.15) is 0 Å². The van der Waals surface area contributed by atoms with E-state index in [0.717, 1.165) is 32.1 Å². The summed E-state index contributed by atoms with van der Waals surface area (Å²) in [5.41, 5.74) is -0.257. The SMILES string of the molecule is CCCCCC(=O)N(CCC(=O)OCCCC)C(C)(C)C. The number of rotatable bonds is 10. The van der Waals surface area contributed by atoms with Crippen LogP contribution < -0.4 is 0 Å². The highest BCUT2D eigenvalue weighted by Gasteiger charge is 2.26. The maximum absolute atomic E-state index is 12.3. The molecule has 124 valence electrons. The van der Waals surface area contributed by atoms with Crippen molar-refractivity contribution in [2.75, 3.05) is 13.2 Å². The summed E-state index contributed by atoms with van der Waals surface area (Å²) in [6.45, 7) is 11.1. The van der Waals surface area contributed by atoms with Crippen LogP contribution in [-0.2, 0) is 14.3 Å². The van der Waals surface area contributed by atoms with Gasteiger partial charge >= 0.3 is 5.97 Å². The lowest BCUT2D eigenvalue weighted by Gasteiger charge is -2.35. The molecule has 0 saturated carbocycles. The van der Waals surface area contributed by atoms with Crippen molar-refractivity contribution in [1.29, 1.82) is 0 Å². The fourth-order valence-corrected chi connectivity index (χ4v) is 2.10. The summed E-state index contributed by atoms with van der Waals surface area (Å²) < 4.78 is 5.15. The zero-order valence-corrected chi connectivity index (χ0v) is 14.5. The maximum Gasteiger partial charge on any atom is 0.307 e. The highest BCUT2D eigenvalue weighted by molar-refractivity contribution is 5.78. The van der Waals surface area contributed by atoms with Crippen LogP contribution in [0.25, 0.3) is 0 Å². The molecule has 0 aliphatic rings. The van der Waals surface area contributed by atoms with Crippen molar-refractivity contribution in [3.05, 3.63) is 0 Å². The van der Waals surface area contributed by atoms with E-state index in [-0.39, 0.29) is 23.8 Å². The molecule has 0 radical (unpaired) electrons. The van der Waals surface area contributed by atoms with Gasteiger partial charge in [-0.1, -0.05) is 33.1 Å². The van der Waals surface area contributed by atoms with Gasteiger partial charge in [0.15, 0.2) is 0 Å². The molecule has 0 aliphatic heterocycles. The normalized spacial score (nSPS) is 11.3. The lowest BCUT2D eigenvalue weighted by atomic mass is 10.0. The van der Waals surface area contributed by atoms with Gasteiger partial charge in [0.05, 0.1) is 13.0 Å². The topological polar surface area (TPSA) is 46.6 Å². The van der Waals surface area contributed by atoms with Gasteiger partial charge in [0.1, 0.15) is 0 Å². The highest BCUT2D eigenvalue weighted by Crippen LogP contribution is 2.17. The quantitative estimate of drug-likeness (QED) is 0.453. The Bertz CT molecular complexity index is 308. The van der Waals surface area contributed by atoms with Crippen LogP contribution in [0.1, 0.15) is 79.6 Å². The Kier molecular flexibility index (Phi) is 10.1. The summed E-state index contributed by atoms with van der Waals surface area (Å²) in [5, 5.41) is 0. The van der Waals surface area contributed by atoms with Crippen molar-refractivity contribution in [1.82, 2.24) is 4.90 Å². The van der Waals surface area contributed by atoms with Crippen molar-refractivity contribution >= 4 is 11.9 Å². The lowest BCUT2D eigenvalue weighted by Crippen LogP contribution is -2.46. The molecule has 0 aromatic carbocycles. The van der Waals surface area contributed by atoms with Crippen molar-refractivity contribution in [2.45, 2.75) is 85.1 Å². The predicted octanol–water partition coefficient (Wildman–Crippen LogP) is 3.93. The third-order valence-corrected chi connectivity index (χ3v) is 3.41. The molecule has 0 rings (SSSR count). The van der Waals surface area contributed by atoms with Gasteiger partial charge in [0.25, 0.3) is 0 Å². The highest BCUT2D eigenvalue weighted by atomic mass is 16.5. The standard InChI is InChI=1S/C17H33NO3/c1-6-8-10-11-15(19)18(17(3,4)5)13-12-16(20)21-14-9-7-2/h6-14H2,1-5H3. The van der Waals surface area contributed by atoms with Crippen LogP contribution in [0.15, 0.2) is 0 Å². The van der Waals surface area contributed by atoms with Crippen molar-refractivity contribution in [2.24, 2.45) is 0 Å². The van der Waals surface area contributed by atoms with Crippen LogP contribution >= 0.6 is 0 Å². The molecule has 0 aromatic heterocycles. The summed E-state index contributed by atoms with van der Waals surface area (Å²) >= 11 is 0. The van der Waals surface area contributed by atoms with E-state index in [9.17, 15) is 9.59 Å². The van der Waals surface area contributed by atoms with E-state index in [4.69, 9.17) is 4.74 Å². The Morgan fingerprint density at radius 3 is 2.10 bits per heavy atom. The van der Waals surface area contributed by atoms with E-state index in [0.29, 0.717) is 19.6 Å². The van der Waals surface area contributed by atoms with Crippen LogP contribution in [-0.4, -0.2) is 35.5 Å². The zero-order chi connectivity index (χ0) is 16.3. The molecule has 4 nitrogen and oxygen atoms in total. The number of amides is 1. The van der Waals surface area contributed by atoms with Crippen LogP contribution in [0.4, 0.5) is 0 Å². The Morgan fingerprint density at radius 2 is 1.57 bits per heavy atom. The molecule has 4 heteroatoms. The Hall–Kier alpha value is -1.06. The summed E-state index contributed by atoms with van der Waals surface area (Å²) in [6.07, 6.45) is 5.84. The molecule has 0 saturated heterocycles. The average molecular weight is 299 g/mol.